The summed E-state index contributed by atoms with van der Waals surface area (Å²) in [5.41, 5.74) is -5.44. The van der Waals surface area contributed by atoms with Gasteiger partial charge >= 0.3 is 12.4 Å². The predicted molar refractivity (Wildman–Crippen MR) is 111 cm³/mol. The fourth-order valence-corrected chi connectivity index (χ4v) is 4.31. The number of anilines is 1. The number of fused-ring (bicyclic) bond motifs is 3. The van der Waals surface area contributed by atoms with E-state index in [9.17, 15) is 36.2 Å². The van der Waals surface area contributed by atoms with Crippen LogP contribution in [-0.2, 0) is 5.60 Å². The molecular formula is C24H17F6NO2. The summed E-state index contributed by atoms with van der Waals surface area (Å²) < 4.78 is 83.9. The van der Waals surface area contributed by atoms with Crippen molar-refractivity contribution < 1.29 is 36.2 Å². The van der Waals surface area contributed by atoms with Crippen LogP contribution in [0.5, 0.6) is 0 Å². The van der Waals surface area contributed by atoms with Crippen LogP contribution in [0.2, 0.25) is 0 Å². The van der Waals surface area contributed by atoms with Crippen LogP contribution in [0.4, 0.5) is 32.0 Å². The third-order valence-corrected chi connectivity index (χ3v) is 5.82. The van der Waals surface area contributed by atoms with Crippen molar-refractivity contribution in [2.45, 2.75) is 23.9 Å². The minimum absolute atomic E-state index is 0.0221. The first kappa shape index (κ1) is 22.8. The summed E-state index contributed by atoms with van der Waals surface area (Å²) in [5, 5.41) is 11.2. The van der Waals surface area contributed by atoms with Gasteiger partial charge in [0.25, 0.3) is 5.78 Å². The Morgan fingerprint density at radius 1 is 0.939 bits per heavy atom. The van der Waals surface area contributed by atoms with Gasteiger partial charge < -0.3 is 10.0 Å². The first-order chi connectivity index (χ1) is 15.4. The Hall–Kier alpha value is -3.33. The van der Waals surface area contributed by atoms with Gasteiger partial charge in [-0.15, -0.1) is 0 Å². The Bertz CT molecular complexity index is 1250. The average Bonchev–Trinajstić information content (AvgIpc) is 2.87. The molecular weight excluding hydrogens is 448 g/mol. The summed E-state index contributed by atoms with van der Waals surface area (Å²) >= 11 is 0. The highest BCUT2D eigenvalue weighted by atomic mass is 19.4. The average molecular weight is 465 g/mol. The molecule has 1 N–H and O–H groups in total. The molecule has 0 saturated carbocycles. The fourth-order valence-electron chi connectivity index (χ4n) is 4.31. The minimum Gasteiger partial charge on any atom is -0.376 e. The lowest BCUT2D eigenvalue weighted by molar-refractivity contribution is -0.271. The molecule has 0 bridgehead atoms. The van der Waals surface area contributed by atoms with Gasteiger partial charge in [-0.05, 0) is 17.0 Å². The molecule has 0 radical (unpaired) electrons. The normalized spacial score (nSPS) is 21.1. The minimum atomic E-state index is -5.32. The zero-order valence-corrected chi connectivity index (χ0v) is 17.1. The molecule has 0 aromatic heterocycles. The summed E-state index contributed by atoms with van der Waals surface area (Å²) in [6, 6.07) is 13.3. The third-order valence-electron chi connectivity index (χ3n) is 5.82. The van der Waals surface area contributed by atoms with Gasteiger partial charge in [0.2, 0.25) is 0 Å². The smallest absolute Gasteiger partial charge is 0.376 e. The number of halogens is 6. The van der Waals surface area contributed by atoms with Crippen molar-refractivity contribution in [2.24, 2.45) is 0 Å². The number of nitrogens with zero attached hydrogens (tertiary/aromatic N) is 1. The maximum absolute atomic E-state index is 14.6. The zero-order valence-electron chi connectivity index (χ0n) is 17.1. The van der Waals surface area contributed by atoms with E-state index in [1.165, 1.54) is 66.7 Å². The quantitative estimate of drug-likeness (QED) is 0.368. The van der Waals surface area contributed by atoms with Gasteiger partial charge in [-0.1, -0.05) is 60.7 Å². The lowest BCUT2D eigenvalue weighted by Crippen LogP contribution is -2.47. The van der Waals surface area contributed by atoms with Crippen LogP contribution in [0.25, 0.3) is 10.8 Å². The molecule has 2 atom stereocenters. The van der Waals surface area contributed by atoms with Crippen molar-refractivity contribution in [3.05, 3.63) is 89.6 Å². The van der Waals surface area contributed by atoms with E-state index in [2.05, 4.69) is 0 Å². The summed E-state index contributed by atoms with van der Waals surface area (Å²) in [6.07, 6.45) is -8.12. The molecule has 1 aliphatic heterocycles. The molecule has 172 valence electrons. The number of carbonyl (C=O) groups is 1. The number of rotatable bonds is 2. The second-order valence-corrected chi connectivity index (χ2v) is 7.80. The largest absolute Gasteiger partial charge is 0.454 e. The third kappa shape index (κ3) is 3.56. The van der Waals surface area contributed by atoms with E-state index in [0.29, 0.717) is 6.07 Å². The first-order valence-electron chi connectivity index (χ1n) is 9.80. The lowest BCUT2D eigenvalue weighted by atomic mass is 9.75. The molecule has 0 amide bonds. The molecule has 3 aromatic rings. The van der Waals surface area contributed by atoms with Crippen LogP contribution >= 0.6 is 0 Å². The summed E-state index contributed by atoms with van der Waals surface area (Å²) in [7, 11) is 1.43. The SMILES string of the molecule is CN1C=CC(c2ccccc2)C(O)(C(F)(F)F)c2cc(C(=O)C(F)(F)F)c3ccccc3c21. The maximum atomic E-state index is 14.6. The van der Waals surface area contributed by atoms with Gasteiger partial charge in [-0.2, -0.15) is 26.3 Å². The van der Waals surface area contributed by atoms with Crippen molar-refractivity contribution >= 4 is 22.2 Å². The van der Waals surface area contributed by atoms with Crippen LogP contribution < -0.4 is 4.90 Å². The molecule has 3 nitrogen and oxygen atoms in total. The van der Waals surface area contributed by atoms with Crippen LogP contribution in [0.15, 0.2) is 72.9 Å². The molecule has 3 aromatic carbocycles. The highest BCUT2D eigenvalue weighted by Gasteiger charge is 2.61. The standard InChI is InChI=1S/C24H17F6NO2/c1-31-12-11-18(14-7-3-2-4-8-14)22(33,24(28,29)30)19-13-17(21(32)23(25,26)27)15-9-5-6-10-16(15)20(19)31/h2-13,18,33H,1H3. The predicted octanol–water partition coefficient (Wildman–Crippen LogP) is 6.08. The van der Waals surface area contributed by atoms with E-state index >= 15 is 0 Å². The van der Waals surface area contributed by atoms with Gasteiger partial charge in [-0.25, -0.2) is 0 Å². The van der Waals surface area contributed by atoms with E-state index in [4.69, 9.17) is 0 Å². The van der Waals surface area contributed by atoms with E-state index in [1.54, 1.807) is 6.07 Å². The van der Waals surface area contributed by atoms with Crippen LogP contribution in [0, 0.1) is 0 Å². The molecule has 0 saturated heterocycles. The highest BCUT2D eigenvalue weighted by Crippen LogP contribution is 2.55. The first-order valence-corrected chi connectivity index (χ1v) is 9.80. The molecule has 9 heteroatoms. The van der Waals surface area contributed by atoms with Gasteiger partial charge in [0, 0.05) is 35.7 Å². The van der Waals surface area contributed by atoms with Crippen LogP contribution in [-0.4, -0.2) is 30.3 Å². The molecule has 33 heavy (non-hydrogen) atoms. The van der Waals surface area contributed by atoms with Gasteiger partial charge in [0.05, 0.1) is 5.69 Å². The van der Waals surface area contributed by atoms with E-state index in [-0.39, 0.29) is 22.0 Å². The van der Waals surface area contributed by atoms with Crippen molar-refractivity contribution in [2.75, 3.05) is 11.9 Å². The highest BCUT2D eigenvalue weighted by molar-refractivity contribution is 6.14. The van der Waals surface area contributed by atoms with Crippen molar-refractivity contribution in [3.63, 3.8) is 0 Å². The Balaban J connectivity index is 2.16. The van der Waals surface area contributed by atoms with Gasteiger partial charge in [-0.3, -0.25) is 4.79 Å². The monoisotopic (exact) mass is 465 g/mol. The van der Waals surface area contributed by atoms with Crippen molar-refractivity contribution in [1.82, 2.24) is 0 Å². The Morgan fingerprint density at radius 3 is 2.09 bits per heavy atom. The second-order valence-electron chi connectivity index (χ2n) is 7.80. The molecule has 2 unspecified atom stereocenters. The molecule has 0 aliphatic carbocycles. The molecule has 4 rings (SSSR count). The number of carbonyl (C=O) groups excluding carboxylic acids is 1. The lowest BCUT2D eigenvalue weighted by Gasteiger charge is -2.38. The maximum Gasteiger partial charge on any atom is 0.454 e. The Morgan fingerprint density at radius 2 is 1.52 bits per heavy atom. The number of hydrogen-bond donors (Lipinski definition) is 1. The van der Waals surface area contributed by atoms with Crippen LogP contribution in [0.3, 0.4) is 0 Å². The number of benzene rings is 3. The van der Waals surface area contributed by atoms with E-state index in [0.717, 1.165) is 6.08 Å². The molecule has 0 spiro atoms. The van der Waals surface area contributed by atoms with Crippen molar-refractivity contribution in [1.29, 1.82) is 0 Å². The Kier molecular flexibility index (Phi) is 5.28. The Labute approximate surface area is 184 Å². The number of ketones is 1. The molecule has 1 aliphatic rings. The topological polar surface area (TPSA) is 40.5 Å². The van der Waals surface area contributed by atoms with Gasteiger partial charge in [0.1, 0.15) is 0 Å². The van der Waals surface area contributed by atoms with Crippen molar-refractivity contribution in [3.8, 4) is 0 Å². The van der Waals surface area contributed by atoms with E-state index in [1.807, 2.05) is 0 Å². The molecule has 1 heterocycles. The van der Waals surface area contributed by atoms with Gasteiger partial charge in [0.15, 0.2) is 5.60 Å². The summed E-state index contributed by atoms with van der Waals surface area (Å²) in [6.45, 7) is 0. The van der Waals surface area contributed by atoms with E-state index < -0.39 is 40.8 Å². The number of alkyl halides is 6. The summed E-state index contributed by atoms with van der Waals surface area (Å²) in [4.78, 5) is 13.5. The zero-order chi connectivity index (χ0) is 24.2. The number of aliphatic hydroxyl groups is 1. The number of hydrogen-bond acceptors (Lipinski definition) is 3. The second kappa shape index (κ2) is 7.62. The summed E-state index contributed by atoms with van der Waals surface area (Å²) in [5.74, 6) is -3.97. The number of Topliss-reactive ketones (excluding diaryl/α,β-unsaturated/α-hetero) is 1. The molecule has 0 fully saturated rings. The van der Waals surface area contributed by atoms with Crippen LogP contribution in [0.1, 0.15) is 27.4 Å². The fraction of sp³-hybridized carbons (Fsp3) is 0.208.